The van der Waals surface area contributed by atoms with Gasteiger partial charge in [0.1, 0.15) is 11.9 Å². The van der Waals surface area contributed by atoms with Crippen LogP contribution in [0.15, 0.2) is 18.2 Å². The van der Waals surface area contributed by atoms with Crippen molar-refractivity contribution < 1.29 is 14.6 Å². The Bertz CT molecular complexity index is 317. The minimum Gasteiger partial charge on any atom is -0.389 e. The van der Waals surface area contributed by atoms with E-state index < -0.39 is 12.2 Å². The first-order valence-electron chi connectivity index (χ1n) is 4.24. The zero-order valence-electron chi connectivity index (χ0n) is 7.74. The molecule has 0 spiro atoms. The van der Waals surface area contributed by atoms with E-state index in [1.165, 1.54) is 18.2 Å². The molecule has 1 rings (SSSR count). The van der Waals surface area contributed by atoms with E-state index in [2.05, 4.69) is 0 Å². The second kappa shape index (κ2) is 4.73. The molecule has 0 aliphatic carbocycles. The van der Waals surface area contributed by atoms with Crippen molar-refractivity contribution in [3.8, 4) is 0 Å². The van der Waals surface area contributed by atoms with Gasteiger partial charge in [0.25, 0.3) is 0 Å². The molecule has 2 atom stereocenters. The van der Waals surface area contributed by atoms with Crippen molar-refractivity contribution in [1.82, 2.24) is 0 Å². The molecule has 0 heterocycles. The van der Waals surface area contributed by atoms with Gasteiger partial charge in [0.15, 0.2) is 0 Å². The van der Waals surface area contributed by atoms with Gasteiger partial charge in [-0.2, -0.15) is 0 Å². The fourth-order valence-corrected chi connectivity index (χ4v) is 1.43. The average Bonchev–Trinajstić information content (AvgIpc) is 2.15. The van der Waals surface area contributed by atoms with Crippen LogP contribution in [0.5, 0.6) is 0 Å². The first-order valence-corrected chi connectivity index (χ1v) is 4.78. The zero-order chi connectivity index (χ0) is 10.7. The number of benzene rings is 1. The number of alkyl halides is 1. The third-order valence-electron chi connectivity index (χ3n) is 2.07. The van der Waals surface area contributed by atoms with Crippen LogP contribution in [0.2, 0.25) is 0 Å². The van der Waals surface area contributed by atoms with E-state index in [4.69, 9.17) is 11.6 Å². The summed E-state index contributed by atoms with van der Waals surface area (Å²) < 4.78 is 12.7. The highest BCUT2D eigenvalue weighted by Gasteiger charge is 2.18. The van der Waals surface area contributed by atoms with Crippen LogP contribution in [0.25, 0.3) is 0 Å². The predicted octanol–water partition coefficient (Wildman–Crippen LogP) is 1.77. The van der Waals surface area contributed by atoms with E-state index in [0.29, 0.717) is 11.1 Å². The molecule has 14 heavy (non-hydrogen) atoms. The molecular weight excluding hydrogens is 207 g/mol. The van der Waals surface area contributed by atoms with Crippen LogP contribution >= 0.6 is 11.6 Å². The molecule has 0 amide bonds. The molecule has 0 fully saturated rings. The molecule has 0 aromatic heterocycles. The fraction of sp³-hybridized carbons (Fsp3) is 0.400. The first kappa shape index (κ1) is 11.4. The highest BCUT2D eigenvalue weighted by molar-refractivity contribution is 6.18. The molecule has 0 radical (unpaired) electrons. The standard InChI is InChI=1S/C10H12ClFO2/c1-6-4-7(12)2-3-8(6)10(14)9(13)5-11/h2-4,9-10,13-14H,5H2,1H3. The third-order valence-corrected chi connectivity index (χ3v) is 2.39. The minimum atomic E-state index is -1.06. The lowest BCUT2D eigenvalue weighted by Crippen LogP contribution is -2.20. The number of aryl methyl sites for hydroxylation is 1. The van der Waals surface area contributed by atoms with Crippen molar-refractivity contribution in [3.63, 3.8) is 0 Å². The number of hydrogen-bond acceptors (Lipinski definition) is 2. The van der Waals surface area contributed by atoms with Gasteiger partial charge in [0.2, 0.25) is 0 Å². The number of hydrogen-bond donors (Lipinski definition) is 2. The van der Waals surface area contributed by atoms with E-state index in [1.54, 1.807) is 6.92 Å². The average molecular weight is 219 g/mol. The maximum atomic E-state index is 12.7. The van der Waals surface area contributed by atoms with Crippen molar-refractivity contribution in [2.45, 2.75) is 19.1 Å². The molecule has 0 saturated heterocycles. The summed E-state index contributed by atoms with van der Waals surface area (Å²) in [4.78, 5) is 0. The van der Waals surface area contributed by atoms with Gasteiger partial charge in [-0.1, -0.05) is 6.07 Å². The second-order valence-corrected chi connectivity index (χ2v) is 3.48. The molecule has 2 unspecified atom stereocenters. The summed E-state index contributed by atoms with van der Waals surface area (Å²) in [5.41, 5.74) is 1.10. The predicted molar refractivity (Wildman–Crippen MR) is 52.8 cm³/mol. The van der Waals surface area contributed by atoms with Crippen LogP contribution in [0.3, 0.4) is 0 Å². The van der Waals surface area contributed by atoms with Crippen molar-refractivity contribution in [2.24, 2.45) is 0 Å². The highest BCUT2D eigenvalue weighted by Crippen LogP contribution is 2.22. The van der Waals surface area contributed by atoms with Gasteiger partial charge >= 0.3 is 0 Å². The molecule has 0 bridgehead atoms. The van der Waals surface area contributed by atoms with Crippen molar-refractivity contribution >= 4 is 11.6 Å². The third kappa shape index (κ3) is 2.44. The molecule has 2 N–H and O–H groups in total. The molecular formula is C10H12ClFO2. The Morgan fingerprint density at radius 3 is 2.57 bits per heavy atom. The van der Waals surface area contributed by atoms with Gasteiger partial charge in [0, 0.05) is 0 Å². The summed E-state index contributed by atoms with van der Waals surface area (Å²) in [6.07, 6.45) is -2.09. The van der Waals surface area contributed by atoms with Crippen molar-refractivity contribution in [2.75, 3.05) is 5.88 Å². The topological polar surface area (TPSA) is 40.5 Å². The molecule has 0 saturated carbocycles. The molecule has 0 aliphatic heterocycles. The summed E-state index contributed by atoms with van der Waals surface area (Å²) >= 11 is 5.40. The number of aliphatic hydroxyl groups is 2. The van der Waals surface area contributed by atoms with Crippen LogP contribution in [0.4, 0.5) is 4.39 Å². The van der Waals surface area contributed by atoms with Gasteiger partial charge in [0.05, 0.1) is 12.0 Å². The normalized spacial score (nSPS) is 15.2. The molecule has 78 valence electrons. The summed E-state index contributed by atoms with van der Waals surface area (Å²) in [5, 5.41) is 18.9. The molecule has 1 aromatic rings. The van der Waals surface area contributed by atoms with Crippen LogP contribution in [-0.4, -0.2) is 22.2 Å². The zero-order valence-corrected chi connectivity index (χ0v) is 8.50. The molecule has 1 aromatic carbocycles. The summed E-state index contributed by atoms with van der Waals surface area (Å²) in [6.45, 7) is 1.67. The maximum Gasteiger partial charge on any atom is 0.123 e. The van der Waals surface area contributed by atoms with Crippen LogP contribution in [0, 0.1) is 12.7 Å². The molecule has 2 nitrogen and oxygen atoms in total. The Balaban J connectivity index is 2.95. The van der Waals surface area contributed by atoms with Gasteiger partial charge in [-0.25, -0.2) is 4.39 Å². The Kier molecular flexibility index (Phi) is 3.86. The Hall–Kier alpha value is -0.640. The van der Waals surface area contributed by atoms with Gasteiger partial charge < -0.3 is 10.2 Å². The lowest BCUT2D eigenvalue weighted by molar-refractivity contribution is 0.0323. The van der Waals surface area contributed by atoms with Gasteiger partial charge in [-0.05, 0) is 30.2 Å². The summed E-state index contributed by atoms with van der Waals surface area (Å²) in [5.74, 6) is -0.420. The highest BCUT2D eigenvalue weighted by atomic mass is 35.5. The molecule has 4 heteroatoms. The van der Waals surface area contributed by atoms with E-state index in [1.807, 2.05) is 0 Å². The monoisotopic (exact) mass is 218 g/mol. The Labute approximate surface area is 86.9 Å². The SMILES string of the molecule is Cc1cc(F)ccc1C(O)C(O)CCl. The van der Waals surface area contributed by atoms with Crippen LogP contribution in [0.1, 0.15) is 17.2 Å². The van der Waals surface area contributed by atoms with E-state index in [9.17, 15) is 14.6 Å². The van der Waals surface area contributed by atoms with Gasteiger partial charge in [-0.15, -0.1) is 11.6 Å². The lowest BCUT2D eigenvalue weighted by Gasteiger charge is -2.17. The number of halogens is 2. The number of aliphatic hydroxyl groups excluding tert-OH is 2. The summed E-state index contributed by atoms with van der Waals surface area (Å²) in [7, 11) is 0. The second-order valence-electron chi connectivity index (χ2n) is 3.17. The van der Waals surface area contributed by atoms with E-state index in [-0.39, 0.29) is 11.7 Å². The minimum absolute atomic E-state index is 0.0576. The largest absolute Gasteiger partial charge is 0.389 e. The fourth-order valence-electron chi connectivity index (χ4n) is 1.26. The van der Waals surface area contributed by atoms with Crippen LogP contribution in [-0.2, 0) is 0 Å². The maximum absolute atomic E-state index is 12.7. The smallest absolute Gasteiger partial charge is 0.123 e. The summed E-state index contributed by atoms with van der Waals surface area (Å²) in [6, 6.07) is 4.00. The van der Waals surface area contributed by atoms with Crippen molar-refractivity contribution in [3.05, 3.63) is 35.1 Å². The number of rotatable bonds is 3. The Morgan fingerprint density at radius 2 is 2.07 bits per heavy atom. The Morgan fingerprint density at radius 1 is 1.43 bits per heavy atom. The van der Waals surface area contributed by atoms with Crippen molar-refractivity contribution in [1.29, 1.82) is 0 Å². The van der Waals surface area contributed by atoms with E-state index in [0.717, 1.165) is 0 Å². The van der Waals surface area contributed by atoms with E-state index >= 15 is 0 Å². The first-order chi connectivity index (χ1) is 6.56. The molecule has 0 aliphatic rings. The van der Waals surface area contributed by atoms with Crippen LogP contribution < -0.4 is 0 Å². The lowest BCUT2D eigenvalue weighted by atomic mass is 10.0. The van der Waals surface area contributed by atoms with Gasteiger partial charge in [-0.3, -0.25) is 0 Å². The quantitative estimate of drug-likeness (QED) is 0.760.